The molecule has 0 unspecified atom stereocenters. The number of nitrogens with one attached hydrogen (secondary N) is 1. The Morgan fingerprint density at radius 1 is 1.35 bits per heavy atom. The van der Waals surface area contributed by atoms with Gasteiger partial charge < -0.3 is 14.8 Å². The normalized spacial score (nSPS) is 23.2. The zero-order valence-electron chi connectivity index (χ0n) is 10.2. The minimum Gasteiger partial charge on any atom is -0.496 e. The largest absolute Gasteiger partial charge is 0.496 e. The van der Waals surface area contributed by atoms with Crippen molar-refractivity contribution in [1.29, 1.82) is 0 Å². The van der Waals surface area contributed by atoms with Gasteiger partial charge in [0.15, 0.2) is 0 Å². The lowest BCUT2D eigenvalue weighted by Gasteiger charge is -2.34. The molecule has 1 aromatic carbocycles. The monoisotopic (exact) mass is 255 g/mol. The first-order valence-corrected chi connectivity index (χ1v) is 6.19. The lowest BCUT2D eigenvalue weighted by atomic mass is 9.89. The van der Waals surface area contributed by atoms with E-state index >= 15 is 0 Å². The van der Waals surface area contributed by atoms with Gasteiger partial charge in [0.2, 0.25) is 0 Å². The SMILES string of the molecule is COc1ccc(Cl)cc1CNC1CC(OC)C1. The van der Waals surface area contributed by atoms with Crippen molar-refractivity contribution in [2.75, 3.05) is 14.2 Å². The fourth-order valence-corrected chi connectivity index (χ4v) is 2.26. The predicted molar refractivity (Wildman–Crippen MR) is 68.7 cm³/mol. The van der Waals surface area contributed by atoms with Crippen molar-refractivity contribution in [2.24, 2.45) is 0 Å². The number of benzene rings is 1. The highest BCUT2D eigenvalue weighted by Crippen LogP contribution is 2.25. The molecule has 1 saturated carbocycles. The quantitative estimate of drug-likeness (QED) is 0.877. The Kier molecular flexibility index (Phi) is 4.26. The Bertz CT molecular complexity index is 378. The number of halogens is 1. The number of hydrogen-bond donors (Lipinski definition) is 1. The molecule has 2 rings (SSSR count). The number of methoxy groups -OCH3 is 2. The smallest absolute Gasteiger partial charge is 0.123 e. The summed E-state index contributed by atoms with van der Waals surface area (Å²) in [6.07, 6.45) is 2.59. The van der Waals surface area contributed by atoms with Crippen LogP contribution in [0.4, 0.5) is 0 Å². The molecule has 0 heterocycles. The average molecular weight is 256 g/mol. The zero-order valence-corrected chi connectivity index (χ0v) is 11.0. The maximum Gasteiger partial charge on any atom is 0.123 e. The molecule has 1 aromatic rings. The molecule has 0 bridgehead atoms. The van der Waals surface area contributed by atoms with Gasteiger partial charge in [-0.2, -0.15) is 0 Å². The van der Waals surface area contributed by atoms with Crippen molar-refractivity contribution in [1.82, 2.24) is 5.32 Å². The summed E-state index contributed by atoms with van der Waals surface area (Å²) in [6, 6.07) is 6.23. The molecule has 0 saturated heterocycles. The van der Waals surface area contributed by atoms with Crippen LogP contribution in [-0.4, -0.2) is 26.4 Å². The number of ether oxygens (including phenoxy) is 2. The van der Waals surface area contributed by atoms with Crippen LogP contribution < -0.4 is 10.1 Å². The Hall–Kier alpha value is -0.770. The van der Waals surface area contributed by atoms with E-state index in [1.54, 1.807) is 14.2 Å². The van der Waals surface area contributed by atoms with Gasteiger partial charge >= 0.3 is 0 Å². The van der Waals surface area contributed by atoms with E-state index < -0.39 is 0 Å². The highest BCUT2D eigenvalue weighted by Gasteiger charge is 2.28. The first-order valence-electron chi connectivity index (χ1n) is 5.81. The third-order valence-corrected chi connectivity index (χ3v) is 3.49. The topological polar surface area (TPSA) is 30.5 Å². The molecule has 3 nitrogen and oxygen atoms in total. The molecule has 94 valence electrons. The van der Waals surface area contributed by atoms with Crippen LogP contribution in [0.1, 0.15) is 18.4 Å². The minimum absolute atomic E-state index is 0.425. The van der Waals surface area contributed by atoms with Crippen LogP contribution in [0, 0.1) is 0 Å². The highest BCUT2D eigenvalue weighted by atomic mass is 35.5. The van der Waals surface area contributed by atoms with Crippen LogP contribution in [0.15, 0.2) is 18.2 Å². The van der Waals surface area contributed by atoms with Gasteiger partial charge in [-0.05, 0) is 31.0 Å². The molecule has 1 aliphatic rings. The fourth-order valence-electron chi connectivity index (χ4n) is 2.06. The Morgan fingerprint density at radius 2 is 2.12 bits per heavy atom. The van der Waals surface area contributed by atoms with E-state index in [-0.39, 0.29) is 0 Å². The van der Waals surface area contributed by atoms with Crippen LogP contribution in [0.2, 0.25) is 5.02 Å². The third kappa shape index (κ3) is 3.12. The first kappa shape index (κ1) is 12.7. The summed E-state index contributed by atoms with van der Waals surface area (Å²) < 4.78 is 10.5. The molecule has 0 amide bonds. The van der Waals surface area contributed by atoms with Crippen LogP contribution in [0.3, 0.4) is 0 Å². The van der Waals surface area contributed by atoms with Gasteiger partial charge in [-0.1, -0.05) is 11.6 Å². The molecular formula is C13H18ClNO2. The van der Waals surface area contributed by atoms with Gasteiger partial charge in [-0.25, -0.2) is 0 Å². The Labute approximate surface area is 107 Å². The maximum atomic E-state index is 5.98. The van der Waals surface area contributed by atoms with E-state index in [1.165, 1.54) is 0 Å². The van der Waals surface area contributed by atoms with Crippen molar-refractivity contribution in [3.8, 4) is 5.75 Å². The molecule has 0 spiro atoms. The summed E-state index contributed by atoms with van der Waals surface area (Å²) >= 11 is 5.98. The van der Waals surface area contributed by atoms with Gasteiger partial charge in [0, 0.05) is 30.3 Å². The molecule has 1 N–H and O–H groups in total. The van der Waals surface area contributed by atoms with Gasteiger partial charge in [0.1, 0.15) is 5.75 Å². The van der Waals surface area contributed by atoms with Crippen molar-refractivity contribution >= 4 is 11.6 Å². The molecule has 4 heteroatoms. The number of hydrogen-bond acceptors (Lipinski definition) is 3. The molecule has 1 fully saturated rings. The summed E-state index contributed by atoms with van der Waals surface area (Å²) in [5.74, 6) is 0.879. The summed E-state index contributed by atoms with van der Waals surface area (Å²) in [4.78, 5) is 0. The number of rotatable bonds is 5. The summed E-state index contributed by atoms with van der Waals surface area (Å²) in [7, 11) is 3.44. The van der Waals surface area contributed by atoms with Crippen LogP contribution in [0.5, 0.6) is 5.75 Å². The van der Waals surface area contributed by atoms with E-state index in [1.807, 2.05) is 18.2 Å². The van der Waals surface area contributed by atoms with E-state index in [2.05, 4.69) is 5.32 Å². The van der Waals surface area contributed by atoms with E-state index in [0.29, 0.717) is 12.1 Å². The average Bonchev–Trinajstić information content (AvgIpc) is 2.27. The van der Waals surface area contributed by atoms with Crippen molar-refractivity contribution in [3.63, 3.8) is 0 Å². The molecule has 1 aliphatic carbocycles. The molecule has 0 aromatic heterocycles. The van der Waals surface area contributed by atoms with Crippen molar-refractivity contribution in [2.45, 2.75) is 31.5 Å². The molecule has 0 atom stereocenters. The zero-order chi connectivity index (χ0) is 12.3. The standard InChI is InChI=1S/C13H18ClNO2/c1-16-12-6-11(7-12)15-8-9-5-10(14)3-4-13(9)17-2/h3-5,11-12,15H,6-8H2,1-2H3. The maximum absolute atomic E-state index is 5.98. The Balaban J connectivity index is 1.88. The van der Waals surface area contributed by atoms with E-state index in [0.717, 1.165) is 35.7 Å². The fraction of sp³-hybridized carbons (Fsp3) is 0.538. The van der Waals surface area contributed by atoms with Crippen LogP contribution in [0.25, 0.3) is 0 Å². The van der Waals surface area contributed by atoms with Gasteiger partial charge in [-0.15, -0.1) is 0 Å². The minimum atomic E-state index is 0.425. The van der Waals surface area contributed by atoms with Gasteiger partial charge in [0.05, 0.1) is 13.2 Å². The second-order valence-electron chi connectivity index (χ2n) is 4.36. The first-order chi connectivity index (χ1) is 8.22. The Morgan fingerprint density at radius 3 is 2.76 bits per heavy atom. The van der Waals surface area contributed by atoms with Gasteiger partial charge in [0.25, 0.3) is 0 Å². The van der Waals surface area contributed by atoms with Crippen molar-refractivity contribution in [3.05, 3.63) is 28.8 Å². The predicted octanol–water partition coefficient (Wildman–Crippen LogP) is 2.62. The molecule has 0 radical (unpaired) electrons. The lowest BCUT2D eigenvalue weighted by Crippen LogP contribution is -2.44. The summed E-state index contributed by atoms with van der Waals surface area (Å²) in [5, 5.41) is 4.22. The summed E-state index contributed by atoms with van der Waals surface area (Å²) in [5.41, 5.74) is 1.10. The molecular weight excluding hydrogens is 238 g/mol. The third-order valence-electron chi connectivity index (χ3n) is 3.25. The van der Waals surface area contributed by atoms with E-state index in [4.69, 9.17) is 21.1 Å². The lowest BCUT2D eigenvalue weighted by molar-refractivity contribution is 0.0169. The van der Waals surface area contributed by atoms with Crippen LogP contribution >= 0.6 is 11.6 Å². The molecule has 17 heavy (non-hydrogen) atoms. The van der Waals surface area contributed by atoms with Gasteiger partial charge in [-0.3, -0.25) is 0 Å². The van der Waals surface area contributed by atoms with E-state index in [9.17, 15) is 0 Å². The summed E-state index contributed by atoms with van der Waals surface area (Å²) in [6.45, 7) is 0.783. The highest BCUT2D eigenvalue weighted by molar-refractivity contribution is 6.30. The van der Waals surface area contributed by atoms with Crippen LogP contribution in [-0.2, 0) is 11.3 Å². The molecule has 0 aliphatic heterocycles. The second-order valence-corrected chi connectivity index (χ2v) is 4.80. The van der Waals surface area contributed by atoms with Crippen molar-refractivity contribution < 1.29 is 9.47 Å². The second kappa shape index (κ2) is 5.71.